The van der Waals surface area contributed by atoms with Gasteiger partial charge in [-0.05, 0) is 29.0 Å². The minimum absolute atomic E-state index is 0.0609. The molecule has 1 saturated heterocycles. The second-order valence-electron chi connectivity index (χ2n) is 7.18. The summed E-state index contributed by atoms with van der Waals surface area (Å²) in [6.07, 6.45) is 1.90. The number of fused-ring (bicyclic) bond motifs is 1. The van der Waals surface area contributed by atoms with Gasteiger partial charge in [-0.3, -0.25) is 4.79 Å². The number of hydrogen-bond donors (Lipinski definition) is 0. The number of ether oxygens (including phenoxy) is 1. The van der Waals surface area contributed by atoms with E-state index in [1.807, 2.05) is 88.6 Å². The molecule has 1 aromatic heterocycles. The summed E-state index contributed by atoms with van der Waals surface area (Å²) in [5, 5.41) is 10.5. The van der Waals surface area contributed by atoms with Gasteiger partial charge in [-0.2, -0.15) is 0 Å². The lowest BCUT2D eigenvalue weighted by atomic mass is 10.0. The van der Waals surface area contributed by atoms with Gasteiger partial charge in [0.1, 0.15) is 18.1 Å². The van der Waals surface area contributed by atoms with Crippen molar-refractivity contribution in [1.82, 2.24) is 19.9 Å². The predicted octanol–water partition coefficient (Wildman–Crippen LogP) is 3.71. The van der Waals surface area contributed by atoms with Crippen LogP contribution in [0.1, 0.15) is 22.1 Å². The summed E-state index contributed by atoms with van der Waals surface area (Å²) < 4.78 is 7.54. The highest BCUT2D eigenvalue weighted by atomic mass is 16.5. The van der Waals surface area contributed by atoms with Crippen LogP contribution in [0.5, 0.6) is 5.75 Å². The highest BCUT2D eigenvalue weighted by Gasteiger charge is 2.33. The SMILES string of the molecule is O=C(c1cccc2ccccc12)N1CC(n2cc(COc3ccccc3)nn2)C1. The molecule has 2 heterocycles. The first-order chi connectivity index (χ1) is 14.3. The minimum Gasteiger partial charge on any atom is -0.487 e. The summed E-state index contributed by atoms with van der Waals surface area (Å²) in [5.41, 5.74) is 1.52. The van der Waals surface area contributed by atoms with Crippen LogP contribution >= 0.6 is 0 Å². The highest BCUT2D eigenvalue weighted by molar-refractivity contribution is 6.07. The second-order valence-corrected chi connectivity index (χ2v) is 7.18. The molecule has 5 rings (SSSR count). The van der Waals surface area contributed by atoms with Crippen LogP contribution < -0.4 is 4.74 Å². The van der Waals surface area contributed by atoms with E-state index in [0.717, 1.165) is 27.8 Å². The molecule has 6 nitrogen and oxygen atoms in total. The van der Waals surface area contributed by atoms with E-state index in [-0.39, 0.29) is 11.9 Å². The molecule has 0 aliphatic carbocycles. The average molecular weight is 384 g/mol. The van der Waals surface area contributed by atoms with Gasteiger partial charge in [-0.1, -0.05) is 59.8 Å². The molecule has 1 aliphatic rings. The predicted molar refractivity (Wildman–Crippen MR) is 110 cm³/mol. The van der Waals surface area contributed by atoms with Gasteiger partial charge >= 0.3 is 0 Å². The van der Waals surface area contributed by atoms with Gasteiger partial charge in [0.2, 0.25) is 0 Å². The number of likely N-dealkylation sites (tertiary alicyclic amines) is 1. The summed E-state index contributed by atoms with van der Waals surface area (Å²) in [7, 11) is 0. The van der Waals surface area contributed by atoms with Crippen LogP contribution in [0.15, 0.2) is 79.0 Å². The van der Waals surface area contributed by atoms with E-state index in [9.17, 15) is 4.79 Å². The van der Waals surface area contributed by atoms with E-state index in [0.29, 0.717) is 19.7 Å². The van der Waals surface area contributed by atoms with Gasteiger partial charge in [0, 0.05) is 18.7 Å². The molecule has 0 bridgehead atoms. The van der Waals surface area contributed by atoms with Crippen LogP contribution in [-0.2, 0) is 6.61 Å². The maximum Gasteiger partial charge on any atom is 0.254 e. The molecule has 0 radical (unpaired) electrons. The molecule has 3 aromatic carbocycles. The standard InChI is InChI=1S/C23H20N4O2/c28-23(22-12-6-8-17-7-4-5-11-21(17)22)26-14-19(15-26)27-13-18(24-25-27)16-29-20-9-2-1-3-10-20/h1-13,19H,14-16H2. The summed E-state index contributed by atoms with van der Waals surface area (Å²) >= 11 is 0. The van der Waals surface area contributed by atoms with Gasteiger partial charge in [0.15, 0.2) is 0 Å². The highest BCUT2D eigenvalue weighted by Crippen LogP contribution is 2.26. The van der Waals surface area contributed by atoms with Crippen molar-refractivity contribution in [2.24, 2.45) is 0 Å². The third kappa shape index (κ3) is 3.45. The second kappa shape index (κ2) is 7.39. The molecule has 6 heteroatoms. The lowest BCUT2D eigenvalue weighted by Crippen LogP contribution is -2.50. The number of aromatic nitrogens is 3. The normalized spacial score (nSPS) is 14.0. The molecule has 0 saturated carbocycles. The van der Waals surface area contributed by atoms with E-state index >= 15 is 0 Å². The fraction of sp³-hybridized carbons (Fsp3) is 0.174. The minimum atomic E-state index is 0.0609. The first-order valence-corrected chi connectivity index (χ1v) is 9.63. The van der Waals surface area contributed by atoms with Crippen LogP contribution in [0.4, 0.5) is 0 Å². The number of benzene rings is 3. The molecule has 0 N–H and O–H groups in total. The van der Waals surface area contributed by atoms with Crippen LogP contribution in [0.3, 0.4) is 0 Å². The van der Waals surface area contributed by atoms with Gasteiger partial charge in [0.25, 0.3) is 5.91 Å². The number of para-hydroxylation sites is 1. The Morgan fingerprint density at radius 1 is 0.966 bits per heavy atom. The molecule has 29 heavy (non-hydrogen) atoms. The van der Waals surface area contributed by atoms with E-state index in [1.165, 1.54) is 0 Å². The van der Waals surface area contributed by atoms with Crippen molar-refractivity contribution in [3.05, 3.63) is 90.3 Å². The maximum atomic E-state index is 12.9. The van der Waals surface area contributed by atoms with Gasteiger partial charge in [-0.15, -0.1) is 5.10 Å². The lowest BCUT2D eigenvalue weighted by Gasteiger charge is -2.39. The maximum absolute atomic E-state index is 12.9. The Kier molecular flexibility index (Phi) is 4.44. The molecule has 1 amide bonds. The molecule has 0 unspecified atom stereocenters. The summed E-state index contributed by atoms with van der Waals surface area (Å²) in [6.45, 7) is 1.63. The zero-order valence-electron chi connectivity index (χ0n) is 15.8. The number of carbonyl (C=O) groups is 1. The van der Waals surface area contributed by atoms with E-state index in [2.05, 4.69) is 10.3 Å². The first-order valence-electron chi connectivity index (χ1n) is 9.63. The quantitative estimate of drug-likeness (QED) is 0.526. The Balaban J connectivity index is 1.22. The third-order valence-corrected chi connectivity index (χ3v) is 5.23. The van der Waals surface area contributed by atoms with Crippen LogP contribution in [0.25, 0.3) is 10.8 Å². The molecular formula is C23H20N4O2. The largest absolute Gasteiger partial charge is 0.487 e. The number of rotatable bonds is 5. The third-order valence-electron chi connectivity index (χ3n) is 5.23. The number of nitrogens with zero attached hydrogens (tertiary/aromatic N) is 4. The van der Waals surface area contributed by atoms with Crippen molar-refractivity contribution in [2.75, 3.05) is 13.1 Å². The van der Waals surface area contributed by atoms with Gasteiger partial charge in [-0.25, -0.2) is 4.68 Å². The molecular weight excluding hydrogens is 364 g/mol. The molecule has 1 aliphatic heterocycles. The summed E-state index contributed by atoms with van der Waals surface area (Å²) in [5.74, 6) is 0.864. The van der Waals surface area contributed by atoms with E-state index in [4.69, 9.17) is 4.74 Å². The Bertz CT molecular complexity index is 1140. The smallest absolute Gasteiger partial charge is 0.254 e. The number of carbonyl (C=O) groups excluding carboxylic acids is 1. The Morgan fingerprint density at radius 2 is 1.72 bits per heavy atom. The van der Waals surface area contributed by atoms with Crippen molar-refractivity contribution in [1.29, 1.82) is 0 Å². The Hall–Kier alpha value is -3.67. The molecule has 0 spiro atoms. The van der Waals surface area contributed by atoms with Gasteiger partial charge in [0.05, 0.1) is 12.2 Å². The van der Waals surface area contributed by atoms with Crippen LogP contribution in [0.2, 0.25) is 0 Å². The number of amides is 1. The molecule has 1 fully saturated rings. The van der Waals surface area contributed by atoms with Crippen molar-refractivity contribution in [3.8, 4) is 5.75 Å². The zero-order chi connectivity index (χ0) is 19.6. The molecule has 4 aromatic rings. The zero-order valence-corrected chi connectivity index (χ0v) is 15.8. The van der Waals surface area contributed by atoms with Gasteiger partial charge < -0.3 is 9.64 Å². The number of hydrogen-bond acceptors (Lipinski definition) is 4. The monoisotopic (exact) mass is 384 g/mol. The summed E-state index contributed by atoms with van der Waals surface area (Å²) in [4.78, 5) is 14.8. The van der Waals surface area contributed by atoms with Crippen molar-refractivity contribution in [3.63, 3.8) is 0 Å². The summed E-state index contributed by atoms with van der Waals surface area (Å²) in [6, 6.07) is 23.6. The average Bonchev–Trinajstić information content (AvgIpc) is 3.20. The lowest BCUT2D eigenvalue weighted by molar-refractivity contribution is 0.0500. The molecule has 0 atom stereocenters. The fourth-order valence-corrected chi connectivity index (χ4v) is 3.60. The Labute approximate surface area is 168 Å². The van der Waals surface area contributed by atoms with E-state index in [1.54, 1.807) is 0 Å². The first kappa shape index (κ1) is 17.4. The van der Waals surface area contributed by atoms with Crippen molar-refractivity contribution >= 4 is 16.7 Å². The van der Waals surface area contributed by atoms with Crippen molar-refractivity contribution in [2.45, 2.75) is 12.6 Å². The topological polar surface area (TPSA) is 60.2 Å². The Morgan fingerprint density at radius 3 is 2.59 bits per heavy atom. The van der Waals surface area contributed by atoms with Crippen LogP contribution in [-0.4, -0.2) is 38.9 Å². The fourth-order valence-electron chi connectivity index (χ4n) is 3.60. The van der Waals surface area contributed by atoms with Crippen molar-refractivity contribution < 1.29 is 9.53 Å². The van der Waals surface area contributed by atoms with Crippen LogP contribution in [0, 0.1) is 0 Å². The van der Waals surface area contributed by atoms with E-state index < -0.39 is 0 Å². The molecule has 144 valence electrons.